The van der Waals surface area contributed by atoms with E-state index >= 15 is 0 Å². The summed E-state index contributed by atoms with van der Waals surface area (Å²) >= 11 is 5.75. The Morgan fingerprint density at radius 1 is 1.02 bits per heavy atom. The summed E-state index contributed by atoms with van der Waals surface area (Å²) in [5.74, 6) is -0.147. The van der Waals surface area contributed by atoms with Crippen LogP contribution < -0.4 is 10.6 Å². The second kappa shape index (κ2) is 11.4. The maximum absolute atomic E-state index is 13.5. The molecule has 0 spiro atoms. The standard InChI is InChI=1S/C31H30F3N5OS/c1-19-10-12-23(13-11-19)36-27(40)14-16-38-29(28(37-30(38)41)26-9-4-5-15-35-26)25-17-20(2)39(21(25)3)24-8-6-7-22(18-24)31(32,33)34/h4-13,15,17-18,28-29H,14,16H2,1-3H3,(H,36,40)(H,37,41)/t28-,29+/m0/s1. The molecule has 0 radical (unpaired) electrons. The van der Waals surface area contributed by atoms with Crippen molar-refractivity contribution in [2.75, 3.05) is 11.9 Å². The lowest BCUT2D eigenvalue weighted by Crippen LogP contribution is -2.32. The first kappa shape index (κ1) is 28.4. The number of carbonyl (C=O) groups excluding carboxylic acids is 1. The average Bonchev–Trinajstić information content (AvgIpc) is 3.43. The van der Waals surface area contributed by atoms with Gasteiger partial charge in [0.05, 0.1) is 23.3 Å². The predicted molar refractivity (Wildman–Crippen MR) is 157 cm³/mol. The maximum atomic E-state index is 13.5. The number of carbonyl (C=O) groups is 1. The molecule has 212 valence electrons. The van der Waals surface area contributed by atoms with E-state index in [0.717, 1.165) is 46.0 Å². The van der Waals surface area contributed by atoms with Crippen molar-refractivity contribution in [2.45, 2.75) is 45.5 Å². The fraction of sp³-hybridized carbons (Fsp3) is 0.258. The topological polar surface area (TPSA) is 62.2 Å². The Morgan fingerprint density at radius 2 is 1.78 bits per heavy atom. The van der Waals surface area contributed by atoms with E-state index < -0.39 is 11.7 Å². The van der Waals surface area contributed by atoms with Crippen LogP contribution in [0.2, 0.25) is 0 Å². The van der Waals surface area contributed by atoms with Gasteiger partial charge in [-0.15, -0.1) is 0 Å². The zero-order valence-electron chi connectivity index (χ0n) is 22.9. The Balaban J connectivity index is 1.48. The van der Waals surface area contributed by atoms with Gasteiger partial charge in [-0.3, -0.25) is 9.78 Å². The lowest BCUT2D eigenvalue weighted by atomic mass is 9.96. The zero-order chi connectivity index (χ0) is 29.3. The molecule has 1 aliphatic heterocycles. The summed E-state index contributed by atoms with van der Waals surface area (Å²) in [6.45, 7) is 6.08. The molecule has 1 amide bonds. The fourth-order valence-corrected chi connectivity index (χ4v) is 5.70. The number of pyridine rings is 1. The molecule has 4 aromatic rings. The lowest BCUT2D eigenvalue weighted by Gasteiger charge is -2.28. The van der Waals surface area contributed by atoms with Crippen molar-refractivity contribution >= 4 is 28.9 Å². The molecule has 1 saturated heterocycles. The highest BCUT2D eigenvalue weighted by molar-refractivity contribution is 7.80. The van der Waals surface area contributed by atoms with Crippen molar-refractivity contribution in [3.05, 3.63) is 113 Å². The first-order valence-electron chi connectivity index (χ1n) is 13.2. The second-order valence-electron chi connectivity index (χ2n) is 10.2. The van der Waals surface area contributed by atoms with Gasteiger partial charge in [0.1, 0.15) is 0 Å². The van der Waals surface area contributed by atoms with Gasteiger partial charge >= 0.3 is 6.18 Å². The zero-order valence-corrected chi connectivity index (χ0v) is 23.7. The lowest BCUT2D eigenvalue weighted by molar-refractivity contribution is -0.137. The van der Waals surface area contributed by atoms with Crippen molar-refractivity contribution in [3.8, 4) is 5.69 Å². The molecule has 41 heavy (non-hydrogen) atoms. The SMILES string of the molecule is Cc1ccc(NC(=O)CCN2C(=S)N[C@@H](c3ccccn3)[C@H]2c2cc(C)n(-c3cccc(C(F)(F)F)c3)c2C)cc1. The van der Waals surface area contributed by atoms with Crippen molar-refractivity contribution in [3.63, 3.8) is 0 Å². The minimum Gasteiger partial charge on any atom is -0.352 e. The number of hydrogen-bond donors (Lipinski definition) is 2. The summed E-state index contributed by atoms with van der Waals surface area (Å²) in [6.07, 6.45) is -2.55. The van der Waals surface area contributed by atoms with E-state index in [1.807, 2.05) is 78.8 Å². The molecule has 0 bridgehead atoms. The van der Waals surface area contributed by atoms with E-state index in [-0.39, 0.29) is 24.4 Å². The number of aryl methyl sites for hydroxylation is 2. The number of nitrogens with one attached hydrogen (secondary N) is 2. The third-order valence-electron chi connectivity index (χ3n) is 7.33. The highest BCUT2D eigenvalue weighted by atomic mass is 32.1. The van der Waals surface area contributed by atoms with Gasteiger partial charge in [-0.05, 0) is 87.1 Å². The number of amides is 1. The molecular weight excluding hydrogens is 547 g/mol. The number of halogens is 3. The van der Waals surface area contributed by atoms with Crippen LogP contribution in [-0.4, -0.2) is 32.0 Å². The Kier molecular flexibility index (Phi) is 7.86. The number of hydrogen-bond acceptors (Lipinski definition) is 3. The van der Waals surface area contributed by atoms with Crippen LogP contribution in [-0.2, 0) is 11.0 Å². The summed E-state index contributed by atoms with van der Waals surface area (Å²) in [7, 11) is 0. The summed E-state index contributed by atoms with van der Waals surface area (Å²) in [6, 6.07) is 19.8. The maximum Gasteiger partial charge on any atom is 0.416 e. The van der Waals surface area contributed by atoms with Gasteiger partial charge in [-0.25, -0.2) is 0 Å². The van der Waals surface area contributed by atoms with E-state index in [0.29, 0.717) is 17.3 Å². The summed E-state index contributed by atoms with van der Waals surface area (Å²) in [5.41, 5.74) is 4.77. The largest absolute Gasteiger partial charge is 0.416 e. The van der Waals surface area contributed by atoms with E-state index in [1.165, 1.54) is 6.07 Å². The quantitative estimate of drug-likeness (QED) is 0.236. The van der Waals surface area contributed by atoms with Gasteiger partial charge in [0, 0.05) is 41.9 Å². The fourth-order valence-electron chi connectivity index (χ4n) is 5.37. The normalized spacial score (nSPS) is 17.0. The summed E-state index contributed by atoms with van der Waals surface area (Å²) < 4.78 is 42.3. The summed E-state index contributed by atoms with van der Waals surface area (Å²) in [5, 5.41) is 6.79. The third kappa shape index (κ3) is 5.97. The van der Waals surface area contributed by atoms with Crippen LogP contribution in [0.25, 0.3) is 5.69 Å². The molecule has 0 saturated carbocycles. The van der Waals surface area contributed by atoms with E-state index in [4.69, 9.17) is 12.2 Å². The molecule has 2 aromatic heterocycles. The van der Waals surface area contributed by atoms with Gasteiger partial charge in [0.25, 0.3) is 0 Å². The van der Waals surface area contributed by atoms with Crippen LogP contribution in [0.15, 0.2) is 79.0 Å². The molecule has 5 rings (SSSR count). The monoisotopic (exact) mass is 577 g/mol. The number of alkyl halides is 3. The highest BCUT2D eigenvalue weighted by Gasteiger charge is 2.41. The van der Waals surface area contributed by atoms with Gasteiger partial charge in [0.15, 0.2) is 5.11 Å². The van der Waals surface area contributed by atoms with Crippen molar-refractivity contribution in [1.29, 1.82) is 0 Å². The van der Waals surface area contributed by atoms with E-state index in [9.17, 15) is 18.0 Å². The third-order valence-corrected chi connectivity index (χ3v) is 7.69. The van der Waals surface area contributed by atoms with Crippen LogP contribution >= 0.6 is 12.2 Å². The molecular formula is C31H30F3N5OS. The Morgan fingerprint density at radius 3 is 2.46 bits per heavy atom. The molecule has 0 aliphatic carbocycles. The molecule has 2 N–H and O–H groups in total. The molecule has 2 atom stereocenters. The van der Waals surface area contributed by atoms with Crippen molar-refractivity contribution in [2.24, 2.45) is 0 Å². The Bertz CT molecular complexity index is 1570. The first-order chi connectivity index (χ1) is 19.5. The second-order valence-corrected chi connectivity index (χ2v) is 10.6. The minimum absolute atomic E-state index is 0.147. The molecule has 3 heterocycles. The van der Waals surface area contributed by atoms with Crippen molar-refractivity contribution < 1.29 is 18.0 Å². The van der Waals surface area contributed by atoms with Gasteiger partial charge in [-0.1, -0.05) is 29.8 Å². The van der Waals surface area contributed by atoms with Crippen LogP contribution in [0.4, 0.5) is 18.9 Å². The summed E-state index contributed by atoms with van der Waals surface area (Å²) in [4.78, 5) is 19.4. The predicted octanol–water partition coefficient (Wildman–Crippen LogP) is 6.82. The average molecular weight is 578 g/mol. The van der Waals surface area contributed by atoms with Crippen molar-refractivity contribution in [1.82, 2.24) is 19.8 Å². The number of anilines is 1. The molecule has 0 unspecified atom stereocenters. The Labute approximate surface area is 242 Å². The van der Waals surface area contributed by atoms with Crippen LogP contribution in [0.5, 0.6) is 0 Å². The van der Waals surface area contributed by atoms with Crippen LogP contribution in [0.3, 0.4) is 0 Å². The number of thiocarbonyl (C=S) groups is 1. The number of rotatable bonds is 7. The molecule has 1 fully saturated rings. The van der Waals surface area contributed by atoms with E-state index in [2.05, 4.69) is 15.6 Å². The van der Waals surface area contributed by atoms with Crippen LogP contribution in [0, 0.1) is 20.8 Å². The van der Waals surface area contributed by atoms with Gasteiger partial charge < -0.3 is 20.1 Å². The molecule has 1 aliphatic rings. The van der Waals surface area contributed by atoms with E-state index in [1.54, 1.807) is 12.3 Å². The first-order valence-corrected chi connectivity index (χ1v) is 13.6. The smallest absolute Gasteiger partial charge is 0.352 e. The highest BCUT2D eigenvalue weighted by Crippen LogP contribution is 2.42. The Hall–Kier alpha value is -4.18. The van der Waals surface area contributed by atoms with Gasteiger partial charge in [0.2, 0.25) is 5.91 Å². The minimum atomic E-state index is -4.45. The van der Waals surface area contributed by atoms with Crippen LogP contribution in [0.1, 0.15) is 52.3 Å². The molecule has 10 heteroatoms. The number of benzene rings is 2. The van der Waals surface area contributed by atoms with Gasteiger partial charge in [-0.2, -0.15) is 13.2 Å². The number of nitrogens with zero attached hydrogens (tertiary/aromatic N) is 3. The molecule has 2 aromatic carbocycles. The number of aromatic nitrogens is 2. The molecule has 6 nitrogen and oxygen atoms in total.